The molecule has 0 spiro atoms. The molecule has 1 saturated heterocycles. The van der Waals surface area contributed by atoms with Crippen molar-refractivity contribution in [3.05, 3.63) is 59.7 Å². The second-order valence-electron chi connectivity index (χ2n) is 6.45. The standard InChI is InChI=1S/C19H21N5O/c1-14-6-7-17-21-15(2)18(24(17)13-14)19(25)23-11-9-22(10-12-23)16-5-3-4-8-20-16/h3-8,13H,9-12H2,1-2H3. The predicted molar refractivity (Wildman–Crippen MR) is 97.0 cm³/mol. The minimum absolute atomic E-state index is 0.0521. The Bertz CT molecular complexity index is 910. The largest absolute Gasteiger partial charge is 0.353 e. The SMILES string of the molecule is Cc1ccc2nc(C)c(C(=O)N3CCN(c4ccccn4)CC3)n2c1. The van der Waals surface area contributed by atoms with Crippen LogP contribution in [0.2, 0.25) is 0 Å². The van der Waals surface area contributed by atoms with Gasteiger partial charge in [0.1, 0.15) is 17.2 Å². The number of carbonyl (C=O) groups excluding carboxylic acids is 1. The van der Waals surface area contributed by atoms with Crippen LogP contribution in [0.25, 0.3) is 5.65 Å². The van der Waals surface area contributed by atoms with Gasteiger partial charge in [-0.25, -0.2) is 9.97 Å². The summed E-state index contributed by atoms with van der Waals surface area (Å²) < 4.78 is 1.91. The molecular weight excluding hydrogens is 314 g/mol. The van der Waals surface area contributed by atoms with E-state index in [-0.39, 0.29) is 5.91 Å². The van der Waals surface area contributed by atoms with Crippen LogP contribution >= 0.6 is 0 Å². The maximum absolute atomic E-state index is 13.1. The number of amides is 1. The van der Waals surface area contributed by atoms with Crippen molar-refractivity contribution in [2.75, 3.05) is 31.1 Å². The molecule has 0 saturated carbocycles. The van der Waals surface area contributed by atoms with Gasteiger partial charge in [0.2, 0.25) is 0 Å². The molecule has 1 fully saturated rings. The number of imidazole rings is 1. The molecule has 25 heavy (non-hydrogen) atoms. The molecular formula is C19H21N5O. The van der Waals surface area contributed by atoms with Crippen molar-refractivity contribution in [3.63, 3.8) is 0 Å². The molecule has 6 heteroatoms. The lowest BCUT2D eigenvalue weighted by Crippen LogP contribution is -2.49. The lowest BCUT2D eigenvalue weighted by atomic mass is 10.2. The highest BCUT2D eigenvalue weighted by Gasteiger charge is 2.26. The average Bonchev–Trinajstić information content (AvgIpc) is 2.97. The molecule has 4 rings (SSSR count). The minimum atomic E-state index is 0.0521. The number of aryl methyl sites for hydroxylation is 2. The van der Waals surface area contributed by atoms with Crippen LogP contribution in [0, 0.1) is 13.8 Å². The van der Waals surface area contributed by atoms with Crippen molar-refractivity contribution >= 4 is 17.4 Å². The third kappa shape index (κ3) is 2.84. The van der Waals surface area contributed by atoms with Gasteiger partial charge in [0.15, 0.2) is 0 Å². The number of piperazine rings is 1. The number of rotatable bonds is 2. The van der Waals surface area contributed by atoms with Gasteiger partial charge in [0.05, 0.1) is 5.69 Å². The molecule has 3 aromatic heterocycles. The maximum atomic E-state index is 13.1. The van der Waals surface area contributed by atoms with E-state index in [1.54, 1.807) is 6.20 Å². The topological polar surface area (TPSA) is 53.7 Å². The summed E-state index contributed by atoms with van der Waals surface area (Å²) in [4.78, 5) is 26.1. The predicted octanol–water partition coefficient (Wildman–Crippen LogP) is 2.31. The molecule has 1 amide bonds. The smallest absolute Gasteiger partial charge is 0.272 e. The normalized spacial score (nSPS) is 15.0. The zero-order chi connectivity index (χ0) is 17.4. The molecule has 3 aromatic rings. The van der Waals surface area contributed by atoms with E-state index in [4.69, 9.17) is 0 Å². The van der Waals surface area contributed by atoms with E-state index in [1.807, 2.05) is 59.7 Å². The molecule has 0 unspecified atom stereocenters. The quantitative estimate of drug-likeness (QED) is 0.721. The van der Waals surface area contributed by atoms with Crippen LogP contribution in [0.1, 0.15) is 21.7 Å². The Morgan fingerprint density at radius 2 is 1.84 bits per heavy atom. The zero-order valence-corrected chi connectivity index (χ0v) is 14.5. The fourth-order valence-electron chi connectivity index (χ4n) is 3.36. The molecule has 128 valence electrons. The average molecular weight is 335 g/mol. The Hall–Kier alpha value is -2.89. The summed E-state index contributed by atoms with van der Waals surface area (Å²) >= 11 is 0. The van der Waals surface area contributed by atoms with E-state index in [9.17, 15) is 4.79 Å². The summed E-state index contributed by atoms with van der Waals surface area (Å²) in [6, 6.07) is 9.89. The number of pyridine rings is 2. The van der Waals surface area contributed by atoms with Crippen molar-refractivity contribution in [2.24, 2.45) is 0 Å². The first-order valence-corrected chi connectivity index (χ1v) is 8.54. The van der Waals surface area contributed by atoms with Crippen LogP contribution in [0.15, 0.2) is 42.7 Å². The van der Waals surface area contributed by atoms with E-state index in [1.165, 1.54) is 0 Å². The lowest BCUT2D eigenvalue weighted by Gasteiger charge is -2.35. The van der Waals surface area contributed by atoms with Gasteiger partial charge in [-0.2, -0.15) is 0 Å². The molecule has 0 radical (unpaired) electrons. The Kier molecular flexibility index (Phi) is 3.87. The molecule has 1 aliphatic heterocycles. The van der Waals surface area contributed by atoms with Gasteiger partial charge in [-0.1, -0.05) is 12.1 Å². The van der Waals surface area contributed by atoms with Gasteiger partial charge in [-0.15, -0.1) is 0 Å². The van der Waals surface area contributed by atoms with Crippen LogP contribution in [0.3, 0.4) is 0 Å². The van der Waals surface area contributed by atoms with Crippen LogP contribution in [-0.2, 0) is 0 Å². The third-order valence-electron chi connectivity index (χ3n) is 4.68. The number of fused-ring (bicyclic) bond motifs is 1. The molecule has 6 nitrogen and oxygen atoms in total. The number of anilines is 1. The summed E-state index contributed by atoms with van der Waals surface area (Å²) in [5, 5.41) is 0. The maximum Gasteiger partial charge on any atom is 0.272 e. The number of hydrogen-bond donors (Lipinski definition) is 0. The lowest BCUT2D eigenvalue weighted by molar-refractivity contribution is 0.0738. The first-order valence-electron chi connectivity index (χ1n) is 8.54. The number of hydrogen-bond acceptors (Lipinski definition) is 4. The molecule has 0 aromatic carbocycles. The van der Waals surface area contributed by atoms with Crippen LogP contribution in [0.4, 0.5) is 5.82 Å². The number of nitrogens with zero attached hydrogens (tertiary/aromatic N) is 5. The molecule has 0 bridgehead atoms. The zero-order valence-electron chi connectivity index (χ0n) is 14.5. The summed E-state index contributed by atoms with van der Waals surface area (Å²) in [5.74, 6) is 1.02. The first kappa shape index (κ1) is 15.6. The summed E-state index contributed by atoms with van der Waals surface area (Å²) in [5.41, 5.74) is 3.38. The summed E-state index contributed by atoms with van der Waals surface area (Å²) in [6.07, 6.45) is 3.78. The fraction of sp³-hybridized carbons (Fsp3) is 0.316. The summed E-state index contributed by atoms with van der Waals surface area (Å²) in [6.45, 7) is 6.88. The second kappa shape index (κ2) is 6.20. The Balaban J connectivity index is 1.55. The highest BCUT2D eigenvalue weighted by molar-refractivity contribution is 5.94. The van der Waals surface area contributed by atoms with Crippen LogP contribution in [-0.4, -0.2) is 51.4 Å². The second-order valence-corrected chi connectivity index (χ2v) is 6.45. The Morgan fingerprint density at radius 1 is 1.04 bits per heavy atom. The Morgan fingerprint density at radius 3 is 2.56 bits per heavy atom. The van der Waals surface area contributed by atoms with Gasteiger partial charge in [-0.3, -0.25) is 9.20 Å². The highest BCUT2D eigenvalue weighted by Crippen LogP contribution is 2.18. The fourth-order valence-corrected chi connectivity index (χ4v) is 3.36. The third-order valence-corrected chi connectivity index (χ3v) is 4.68. The van der Waals surface area contributed by atoms with Crippen LogP contribution < -0.4 is 4.90 Å². The van der Waals surface area contributed by atoms with Crippen molar-refractivity contribution in [2.45, 2.75) is 13.8 Å². The van der Waals surface area contributed by atoms with E-state index in [0.717, 1.165) is 35.8 Å². The molecule has 4 heterocycles. The number of carbonyl (C=O) groups is 1. The monoisotopic (exact) mass is 335 g/mol. The van der Waals surface area contributed by atoms with Crippen molar-refractivity contribution < 1.29 is 4.79 Å². The summed E-state index contributed by atoms with van der Waals surface area (Å²) in [7, 11) is 0. The molecule has 0 aliphatic carbocycles. The highest BCUT2D eigenvalue weighted by atomic mass is 16.2. The van der Waals surface area contributed by atoms with Gasteiger partial charge in [-0.05, 0) is 37.6 Å². The van der Waals surface area contributed by atoms with Crippen molar-refractivity contribution in [1.29, 1.82) is 0 Å². The van der Waals surface area contributed by atoms with Crippen LogP contribution in [0.5, 0.6) is 0 Å². The Labute approximate surface area is 146 Å². The number of aromatic nitrogens is 3. The molecule has 0 atom stereocenters. The molecule has 0 N–H and O–H groups in total. The van der Waals surface area contributed by atoms with Crippen molar-refractivity contribution in [1.82, 2.24) is 19.3 Å². The minimum Gasteiger partial charge on any atom is -0.353 e. The van der Waals surface area contributed by atoms with Gasteiger partial charge in [0.25, 0.3) is 5.91 Å². The molecule has 1 aliphatic rings. The first-order chi connectivity index (χ1) is 12.1. The van der Waals surface area contributed by atoms with Gasteiger partial charge in [0, 0.05) is 38.6 Å². The van der Waals surface area contributed by atoms with E-state index in [0.29, 0.717) is 18.8 Å². The van der Waals surface area contributed by atoms with E-state index in [2.05, 4.69) is 14.9 Å². The van der Waals surface area contributed by atoms with Crippen molar-refractivity contribution in [3.8, 4) is 0 Å². The van der Waals surface area contributed by atoms with Gasteiger partial charge >= 0.3 is 0 Å². The van der Waals surface area contributed by atoms with Gasteiger partial charge < -0.3 is 9.80 Å². The van der Waals surface area contributed by atoms with E-state index >= 15 is 0 Å². The van der Waals surface area contributed by atoms with E-state index < -0.39 is 0 Å².